The molecule has 0 unspecified atom stereocenters. The second kappa shape index (κ2) is 6.32. The van der Waals surface area contributed by atoms with Crippen LogP contribution in [-0.2, 0) is 13.2 Å². The maximum absolute atomic E-state index is 13.0. The van der Waals surface area contributed by atoms with Crippen LogP contribution in [0.5, 0.6) is 5.75 Å². The molecule has 0 amide bonds. The van der Waals surface area contributed by atoms with Crippen LogP contribution in [0.1, 0.15) is 16.7 Å². The lowest BCUT2D eigenvalue weighted by atomic mass is 10.1. The number of nitro groups is 1. The Morgan fingerprint density at radius 3 is 2.62 bits per heavy atom. The SMILES string of the molecule is Cc1cc(F)ccc1COc1ccc([N+](=O)[O-])cc1CO. The summed E-state index contributed by atoms with van der Waals surface area (Å²) in [7, 11) is 0. The van der Waals surface area contributed by atoms with Crippen molar-refractivity contribution >= 4 is 5.69 Å². The average Bonchev–Trinajstić information content (AvgIpc) is 2.46. The molecule has 0 aliphatic carbocycles. The Kier molecular flexibility index (Phi) is 4.49. The van der Waals surface area contributed by atoms with Crippen LogP contribution in [0.2, 0.25) is 0 Å². The first-order valence-corrected chi connectivity index (χ1v) is 6.27. The van der Waals surface area contributed by atoms with Crippen LogP contribution < -0.4 is 4.74 Å². The number of rotatable bonds is 5. The van der Waals surface area contributed by atoms with Crippen LogP contribution in [0.3, 0.4) is 0 Å². The van der Waals surface area contributed by atoms with Gasteiger partial charge in [0.2, 0.25) is 0 Å². The van der Waals surface area contributed by atoms with Gasteiger partial charge >= 0.3 is 0 Å². The standard InChI is InChI=1S/C15H14FNO4/c1-10-6-13(16)3-2-11(10)9-21-15-5-4-14(17(19)20)7-12(15)8-18/h2-7,18H,8-9H2,1H3. The van der Waals surface area contributed by atoms with E-state index in [1.54, 1.807) is 13.0 Å². The van der Waals surface area contributed by atoms with Crippen LogP contribution in [0.15, 0.2) is 36.4 Å². The first kappa shape index (κ1) is 14.9. The minimum Gasteiger partial charge on any atom is -0.489 e. The molecular formula is C15H14FNO4. The van der Waals surface area contributed by atoms with E-state index in [0.29, 0.717) is 11.3 Å². The fourth-order valence-electron chi connectivity index (χ4n) is 1.92. The fraction of sp³-hybridized carbons (Fsp3) is 0.200. The zero-order chi connectivity index (χ0) is 15.4. The van der Waals surface area contributed by atoms with Crippen molar-refractivity contribution in [2.75, 3.05) is 0 Å². The molecule has 2 rings (SSSR count). The summed E-state index contributed by atoms with van der Waals surface area (Å²) in [4.78, 5) is 10.1. The van der Waals surface area contributed by atoms with Gasteiger partial charge in [0.1, 0.15) is 18.2 Å². The van der Waals surface area contributed by atoms with Gasteiger partial charge in [-0.25, -0.2) is 4.39 Å². The Morgan fingerprint density at radius 1 is 1.24 bits per heavy atom. The highest BCUT2D eigenvalue weighted by molar-refractivity contribution is 5.43. The van der Waals surface area contributed by atoms with Crippen LogP contribution in [0.4, 0.5) is 10.1 Å². The predicted molar refractivity (Wildman–Crippen MR) is 74.5 cm³/mol. The van der Waals surface area contributed by atoms with Crippen molar-refractivity contribution in [2.24, 2.45) is 0 Å². The molecule has 5 nitrogen and oxygen atoms in total. The van der Waals surface area contributed by atoms with E-state index in [2.05, 4.69) is 0 Å². The topological polar surface area (TPSA) is 72.6 Å². The molecule has 2 aromatic carbocycles. The lowest BCUT2D eigenvalue weighted by molar-refractivity contribution is -0.385. The number of hydrogen-bond acceptors (Lipinski definition) is 4. The summed E-state index contributed by atoms with van der Waals surface area (Å²) in [6, 6.07) is 8.39. The number of halogens is 1. The molecule has 110 valence electrons. The van der Waals surface area contributed by atoms with Gasteiger partial charge in [-0.3, -0.25) is 10.1 Å². The lowest BCUT2D eigenvalue weighted by Crippen LogP contribution is -2.01. The normalized spacial score (nSPS) is 10.4. The molecule has 0 saturated heterocycles. The Labute approximate surface area is 120 Å². The molecule has 0 spiro atoms. The van der Waals surface area contributed by atoms with E-state index in [-0.39, 0.29) is 24.7 Å². The molecule has 0 bridgehead atoms. The lowest BCUT2D eigenvalue weighted by Gasteiger charge is -2.11. The Hall–Kier alpha value is -2.47. The van der Waals surface area contributed by atoms with Gasteiger partial charge < -0.3 is 9.84 Å². The second-order valence-electron chi connectivity index (χ2n) is 4.57. The third-order valence-electron chi connectivity index (χ3n) is 3.11. The number of aryl methyl sites for hydroxylation is 1. The summed E-state index contributed by atoms with van der Waals surface area (Å²) in [5.74, 6) is 0.0504. The third-order valence-corrected chi connectivity index (χ3v) is 3.11. The highest BCUT2D eigenvalue weighted by atomic mass is 19.1. The van der Waals surface area contributed by atoms with Crippen molar-refractivity contribution in [1.29, 1.82) is 0 Å². The van der Waals surface area contributed by atoms with E-state index < -0.39 is 4.92 Å². The number of hydrogen-bond donors (Lipinski definition) is 1. The number of non-ortho nitro benzene ring substituents is 1. The van der Waals surface area contributed by atoms with Gasteiger partial charge in [0.05, 0.1) is 11.5 Å². The molecule has 0 fully saturated rings. The number of nitrogens with zero attached hydrogens (tertiary/aromatic N) is 1. The molecule has 0 heterocycles. The predicted octanol–water partition coefficient (Wildman–Crippen LogP) is 3.11. The van der Waals surface area contributed by atoms with Crippen molar-refractivity contribution in [3.05, 3.63) is 69.0 Å². The maximum Gasteiger partial charge on any atom is 0.270 e. The van der Waals surface area contributed by atoms with E-state index in [1.807, 2.05) is 0 Å². The Morgan fingerprint density at radius 2 is 2.00 bits per heavy atom. The van der Waals surface area contributed by atoms with E-state index in [0.717, 1.165) is 11.1 Å². The molecule has 0 atom stereocenters. The van der Waals surface area contributed by atoms with Gasteiger partial charge in [-0.2, -0.15) is 0 Å². The fourth-order valence-corrected chi connectivity index (χ4v) is 1.92. The minimum atomic E-state index is -0.535. The molecule has 0 aliphatic heterocycles. The Bertz CT molecular complexity index is 673. The summed E-state index contributed by atoms with van der Waals surface area (Å²) in [6.07, 6.45) is 0. The van der Waals surface area contributed by atoms with Crippen molar-refractivity contribution in [1.82, 2.24) is 0 Å². The number of ether oxygens (including phenoxy) is 1. The molecule has 1 N–H and O–H groups in total. The first-order valence-electron chi connectivity index (χ1n) is 6.27. The summed E-state index contributed by atoms with van der Waals surface area (Å²) < 4.78 is 18.6. The summed E-state index contributed by atoms with van der Waals surface area (Å²) in [6.45, 7) is 1.60. The van der Waals surface area contributed by atoms with Crippen molar-refractivity contribution in [2.45, 2.75) is 20.1 Å². The quantitative estimate of drug-likeness (QED) is 0.678. The van der Waals surface area contributed by atoms with Crippen molar-refractivity contribution in [3.63, 3.8) is 0 Å². The molecule has 0 saturated carbocycles. The molecule has 21 heavy (non-hydrogen) atoms. The molecule has 0 aliphatic rings. The number of benzene rings is 2. The van der Waals surface area contributed by atoms with Gasteiger partial charge in [0, 0.05) is 17.7 Å². The zero-order valence-corrected chi connectivity index (χ0v) is 11.4. The smallest absolute Gasteiger partial charge is 0.270 e. The molecule has 0 aromatic heterocycles. The molecular weight excluding hydrogens is 277 g/mol. The molecule has 2 aromatic rings. The van der Waals surface area contributed by atoms with Crippen LogP contribution in [0.25, 0.3) is 0 Å². The van der Waals surface area contributed by atoms with Gasteiger partial charge in [-0.15, -0.1) is 0 Å². The summed E-state index contributed by atoms with van der Waals surface area (Å²) in [5.41, 5.74) is 1.79. The van der Waals surface area contributed by atoms with Crippen molar-refractivity contribution < 1.29 is 19.2 Å². The van der Waals surface area contributed by atoms with Crippen molar-refractivity contribution in [3.8, 4) is 5.75 Å². The highest BCUT2D eigenvalue weighted by Crippen LogP contribution is 2.25. The zero-order valence-electron chi connectivity index (χ0n) is 11.4. The van der Waals surface area contributed by atoms with Gasteiger partial charge in [0.15, 0.2) is 0 Å². The minimum absolute atomic E-state index is 0.107. The van der Waals surface area contributed by atoms with Crippen LogP contribution in [0, 0.1) is 22.9 Å². The second-order valence-corrected chi connectivity index (χ2v) is 4.57. The van der Waals surface area contributed by atoms with E-state index >= 15 is 0 Å². The van der Waals surface area contributed by atoms with E-state index in [1.165, 1.54) is 30.3 Å². The van der Waals surface area contributed by atoms with E-state index in [4.69, 9.17) is 4.74 Å². The summed E-state index contributed by atoms with van der Waals surface area (Å²) >= 11 is 0. The van der Waals surface area contributed by atoms with Crippen LogP contribution in [-0.4, -0.2) is 10.0 Å². The number of nitro benzene ring substituents is 1. The third kappa shape index (κ3) is 3.55. The summed E-state index contributed by atoms with van der Waals surface area (Å²) in [5, 5.41) is 19.9. The first-order chi connectivity index (χ1) is 10.0. The highest BCUT2D eigenvalue weighted by Gasteiger charge is 2.11. The largest absolute Gasteiger partial charge is 0.489 e. The number of aliphatic hydroxyl groups excluding tert-OH is 1. The molecule has 6 heteroatoms. The monoisotopic (exact) mass is 291 g/mol. The molecule has 0 radical (unpaired) electrons. The Balaban J connectivity index is 2.17. The van der Waals surface area contributed by atoms with Crippen LogP contribution >= 0.6 is 0 Å². The van der Waals surface area contributed by atoms with Gasteiger partial charge in [0.25, 0.3) is 5.69 Å². The van der Waals surface area contributed by atoms with E-state index in [9.17, 15) is 19.6 Å². The average molecular weight is 291 g/mol. The van der Waals surface area contributed by atoms with Gasteiger partial charge in [-0.1, -0.05) is 6.07 Å². The maximum atomic E-state index is 13.0. The van der Waals surface area contributed by atoms with Gasteiger partial charge in [-0.05, 0) is 36.2 Å². The number of aliphatic hydroxyl groups is 1.